The number of halogens is 1. The fourth-order valence-corrected chi connectivity index (χ4v) is 1.34. The van der Waals surface area contributed by atoms with Gasteiger partial charge in [0, 0.05) is 34.3 Å². The second-order valence-corrected chi connectivity index (χ2v) is 3.37. The molecule has 0 atom stereocenters. The largest absolute Gasteiger partial charge is 0.308 e. The number of aromatic nitrogens is 2. The fraction of sp³-hybridized carbons (Fsp3) is 0. The van der Waals surface area contributed by atoms with E-state index < -0.39 is 0 Å². The van der Waals surface area contributed by atoms with Crippen LogP contribution in [0.3, 0.4) is 0 Å². The molecule has 0 saturated heterocycles. The first-order valence-corrected chi connectivity index (χ1v) is 4.48. The first-order valence-electron chi connectivity index (χ1n) is 3.40. The first kappa shape index (κ1) is 7.72. The van der Waals surface area contributed by atoms with Gasteiger partial charge in [-0.3, -0.25) is 4.79 Å². The smallest absolute Gasteiger partial charge is 0.240 e. The zero-order valence-electron chi connectivity index (χ0n) is 6.07. The lowest BCUT2D eigenvalue weighted by molar-refractivity contribution is 0.110. The van der Waals surface area contributed by atoms with Crippen molar-refractivity contribution in [3.05, 3.63) is 36.4 Å². The maximum atomic E-state index is 10.9. The van der Waals surface area contributed by atoms with Crippen LogP contribution in [0.4, 0.5) is 0 Å². The Balaban J connectivity index is 2.68. The van der Waals surface area contributed by atoms with E-state index in [0.29, 0.717) is 5.69 Å². The van der Waals surface area contributed by atoms with Gasteiger partial charge in [0.15, 0.2) is 0 Å². The van der Waals surface area contributed by atoms with Gasteiger partial charge in [0.2, 0.25) is 3.79 Å². The summed E-state index contributed by atoms with van der Waals surface area (Å²) in [6, 6.07) is 5.62. The molecule has 0 aliphatic carbocycles. The Bertz CT molecular complexity index is 435. The molecule has 2 aromatic heterocycles. The average molecular weight is 272 g/mol. The number of hydrogen-bond donors (Lipinski definition) is 0. The molecule has 2 rings (SSSR count). The van der Waals surface area contributed by atoms with E-state index in [9.17, 15) is 4.79 Å². The van der Waals surface area contributed by atoms with Crippen LogP contribution in [0.5, 0.6) is 0 Å². The van der Waals surface area contributed by atoms with Gasteiger partial charge in [-0.05, 0) is 18.2 Å². The summed E-state index contributed by atoms with van der Waals surface area (Å²) in [4.78, 5) is 14.9. The molecule has 2 aromatic rings. The normalized spacial score (nSPS) is 10.4. The maximum absolute atomic E-state index is 10.9. The Morgan fingerprint density at radius 3 is 3.17 bits per heavy atom. The SMILES string of the molecule is O=C(I)c1cc2cccn2cn1. The van der Waals surface area contributed by atoms with Crippen molar-refractivity contribution in [1.82, 2.24) is 9.38 Å². The van der Waals surface area contributed by atoms with E-state index in [1.165, 1.54) is 0 Å². The van der Waals surface area contributed by atoms with E-state index in [-0.39, 0.29) is 3.79 Å². The van der Waals surface area contributed by atoms with Gasteiger partial charge in [-0.1, -0.05) is 0 Å². The summed E-state index contributed by atoms with van der Waals surface area (Å²) in [5.41, 5.74) is 1.49. The minimum atomic E-state index is -0.0312. The highest BCUT2D eigenvalue weighted by Gasteiger charge is 2.02. The zero-order valence-corrected chi connectivity index (χ0v) is 8.22. The summed E-state index contributed by atoms with van der Waals surface area (Å²) < 4.78 is 1.83. The molecule has 0 unspecified atom stereocenters. The topological polar surface area (TPSA) is 34.4 Å². The van der Waals surface area contributed by atoms with Crippen molar-refractivity contribution in [1.29, 1.82) is 0 Å². The molecule has 0 aliphatic heterocycles. The van der Waals surface area contributed by atoms with Crippen LogP contribution in [0.2, 0.25) is 0 Å². The van der Waals surface area contributed by atoms with Crippen molar-refractivity contribution in [2.75, 3.05) is 0 Å². The summed E-state index contributed by atoms with van der Waals surface area (Å²) in [6.45, 7) is 0. The quantitative estimate of drug-likeness (QED) is 0.587. The molecule has 0 bridgehead atoms. The number of nitrogens with zero attached hydrogens (tertiary/aromatic N) is 2. The van der Waals surface area contributed by atoms with Crippen LogP contribution in [0.15, 0.2) is 30.7 Å². The molecule has 2 heterocycles. The molecule has 0 amide bonds. The summed E-state index contributed by atoms with van der Waals surface area (Å²) in [5.74, 6) is 0. The van der Waals surface area contributed by atoms with Crippen LogP contribution in [0.1, 0.15) is 10.5 Å². The highest BCUT2D eigenvalue weighted by atomic mass is 127. The third kappa shape index (κ3) is 1.22. The molecule has 0 saturated carbocycles. The molecule has 12 heavy (non-hydrogen) atoms. The molecule has 0 aliphatic rings. The molecule has 3 nitrogen and oxygen atoms in total. The second kappa shape index (κ2) is 2.85. The number of hydrogen-bond acceptors (Lipinski definition) is 2. The molecule has 4 heteroatoms. The molecule has 60 valence electrons. The number of rotatable bonds is 1. The molecular weight excluding hydrogens is 267 g/mol. The number of carbonyl (C=O) groups is 1. The Hall–Kier alpha value is -0.910. The number of carbonyl (C=O) groups excluding carboxylic acids is 1. The van der Waals surface area contributed by atoms with Gasteiger partial charge >= 0.3 is 0 Å². The van der Waals surface area contributed by atoms with E-state index in [4.69, 9.17) is 0 Å². The average Bonchev–Trinajstić information content (AvgIpc) is 2.49. The maximum Gasteiger partial charge on any atom is 0.240 e. The summed E-state index contributed by atoms with van der Waals surface area (Å²) >= 11 is 1.73. The van der Waals surface area contributed by atoms with Crippen molar-refractivity contribution < 1.29 is 4.79 Å². The van der Waals surface area contributed by atoms with E-state index in [1.807, 2.05) is 22.7 Å². The van der Waals surface area contributed by atoms with Gasteiger partial charge < -0.3 is 4.40 Å². The van der Waals surface area contributed by atoms with Crippen molar-refractivity contribution in [2.45, 2.75) is 0 Å². The van der Waals surface area contributed by atoms with Gasteiger partial charge in [0.05, 0.1) is 6.33 Å². The third-order valence-electron chi connectivity index (χ3n) is 1.62. The lowest BCUT2D eigenvalue weighted by Crippen LogP contribution is -1.95. The molecular formula is C8H5IN2O. The van der Waals surface area contributed by atoms with Crippen LogP contribution >= 0.6 is 22.6 Å². The van der Waals surface area contributed by atoms with Gasteiger partial charge in [0.1, 0.15) is 5.69 Å². The molecule has 0 spiro atoms. The molecule has 0 radical (unpaired) electrons. The standard InChI is InChI=1S/C8H5IN2O/c9-8(12)7-4-6-2-1-3-11(6)5-10-7/h1-5H. The highest BCUT2D eigenvalue weighted by molar-refractivity contribution is 14.1. The fourth-order valence-electron chi connectivity index (χ4n) is 1.04. The Morgan fingerprint density at radius 2 is 2.42 bits per heavy atom. The molecule has 0 aromatic carbocycles. The highest BCUT2D eigenvalue weighted by Crippen LogP contribution is 2.08. The minimum absolute atomic E-state index is 0.0312. The molecule has 0 N–H and O–H groups in total. The van der Waals surface area contributed by atoms with Crippen LogP contribution in [-0.4, -0.2) is 13.2 Å². The number of fused-ring (bicyclic) bond motifs is 1. The summed E-state index contributed by atoms with van der Waals surface area (Å²) in [5, 5.41) is 0. The molecule has 0 fully saturated rings. The van der Waals surface area contributed by atoms with Crippen LogP contribution in [-0.2, 0) is 0 Å². The second-order valence-electron chi connectivity index (χ2n) is 2.39. The van der Waals surface area contributed by atoms with E-state index in [2.05, 4.69) is 4.98 Å². The van der Waals surface area contributed by atoms with Crippen molar-refractivity contribution in [2.24, 2.45) is 0 Å². The summed E-state index contributed by atoms with van der Waals surface area (Å²) in [7, 11) is 0. The van der Waals surface area contributed by atoms with Gasteiger partial charge in [0.25, 0.3) is 0 Å². The predicted molar refractivity (Wildman–Crippen MR) is 53.5 cm³/mol. The van der Waals surface area contributed by atoms with Crippen LogP contribution < -0.4 is 0 Å². The zero-order chi connectivity index (χ0) is 8.55. The van der Waals surface area contributed by atoms with Gasteiger partial charge in [-0.25, -0.2) is 4.98 Å². The monoisotopic (exact) mass is 272 g/mol. The van der Waals surface area contributed by atoms with E-state index in [1.54, 1.807) is 35.0 Å². The van der Waals surface area contributed by atoms with E-state index >= 15 is 0 Å². The lowest BCUT2D eigenvalue weighted by atomic mass is 10.4. The van der Waals surface area contributed by atoms with E-state index in [0.717, 1.165) is 5.52 Å². The van der Waals surface area contributed by atoms with Crippen molar-refractivity contribution in [3.63, 3.8) is 0 Å². The third-order valence-corrected chi connectivity index (χ3v) is 2.17. The lowest BCUT2D eigenvalue weighted by Gasteiger charge is -1.95. The first-order chi connectivity index (χ1) is 5.77. The minimum Gasteiger partial charge on any atom is -0.308 e. The Kier molecular flexibility index (Phi) is 1.84. The van der Waals surface area contributed by atoms with Crippen LogP contribution in [0, 0.1) is 0 Å². The summed E-state index contributed by atoms with van der Waals surface area (Å²) in [6.07, 6.45) is 3.53. The van der Waals surface area contributed by atoms with Crippen molar-refractivity contribution in [3.8, 4) is 0 Å². The predicted octanol–water partition coefficient (Wildman–Crippen LogP) is 1.91. The van der Waals surface area contributed by atoms with Gasteiger partial charge in [-0.2, -0.15) is 0 Å². The Labute approximate surface area is 82.6 Å². The van der Waals surface area contributed by atoms with Gasteiger partial charge in [-0.15, -0.1) is 0 Å². The Morgan fingerprint density at radius 1 is 1.58 bits per heavy atom. The van der Waals surface area contributed by atoms with Crippen LogP contribution in [0.25, 0.3) is 5.52 Å². The van der Waals surface area contributed by atoms with Crippen molar-refractivity contribution >= 4 is 31.9 Å².